The third kappa shape index (κ3) is 4.20. The second kappa shape index (κ2) is 6.89. The van der Waals surface area contributed by atoms with Crippen molar-refractivity contribution in [2.75, 3.05) is 39.3 Å². The maximum Gasteiger partial charge on any atom is 0.242 e. The Morgan fingerprint density at radius 1 is 1.26 bits per heavy atom. The monoisotopic (exact) mass is 267 g/mol. The largest absolute Gasteiger partial charge is 0.340 e. The fraction of sp³-hybridized carbons (Fsp3) is 0.857. The van der Waals surface area contributed by atoms with E-state index in [1.54, 1.807) is 4.90 Å². The van der Waals surface area contributed by atoms with Crippen molar-refractivity contribution in [2.24, 2.45) is 5.92 Å². The van der Waals surface area contributed by atoms with Gasteiger partial charge in [-0.2, -0.15) is 0 Å². The lowest BCUT2D eigenvalue weighted by Gasteiger charge is -2.25. The second-order valence-electron chi connectivity index (χ2n) is 5.73. The van der Waals surface area contributed by atoms with E-state index in [-0.39, 0.29) is 18.4 Å². The molecule has 0 bridgehead atoms. The van der Waals surface area contributed by atoms with E-state index in [9.17, 15) is 9.59 Å². The number of carbonyl (C=O) groups excluding carboxylic acids is 2. The number of carbonyl (C=O) groups is 2. The molecule has 2 aliphatic heterocycles. The Hall–Kier alpha value is -1.10. The Labute approximate surface area is 115 Å². The van der Waals surface area contributed by atoms with E-state index >= 15 is 0 Å². The van der Waals surface area contributed by atoms with E-state index in [1.165, 1.54) is 0 Å². The molecule has 2 heterocycles. The van der Waals surface area contributed by atoms with Gasteiger partial charge in [-0.3, -0.25) is 9.59 Å². The summed E-state index contributed by atoms with van der Waals surface area (Å²) in [6.07, 6.45) is 3.56. The standard InChI is InChI=1S/C14H25N3O2/c1-12-3-4-13(18)17(9-5-12)11-14(19)16-8-2-6-15-7-10-16/h12,15H,2-11H2,1H3. The van der Waals surface area contributed by atoms with E-state index in [0.717, 1.165) is 52.0 Å². The van der Waals surface area contributed by atoms with Crippen LogP contribution in [0, 0.1) is 5.92 Å². The van der Waals surface area contributed by atoms with Crippen LogP contribution in [0.4, 0.5) is 0 Å². The number of hydrogen-bond donors (Lipinski definition) is 1. The Morgan fingerprint density at radius 3 is 2.95 bits per heavy atom. The third-order valence-electron chi connectivity index (χ3n) is 4.11. The lowest BCUT2D eigenvalue weighted by molar-refractivity contribution is -0.140. The molecule has 2 saturated heterocycles. The summed E-state index contributed by atoms with van der Waals surface area (Å²) < 4.78 is 0. The van der Waals surface area contributed by atoms with Gasteiger partial charge in [0.2, 0.25) is 11.8 Å². The molecule has 19 heavy (non-hydrogen) atoms. The van der Waals surface area contributed by atoms with Crippen LogP contribution in [0.2, 0.25) is 0 Å². The van der Waals surface area contributed by atoms with Gasteiger partial charge >= 0.3 is 0 Å². The molecule has 0 aromatic carbocycles. The molecule has 2 rings (SSSR count). The van der Waals surface area contributed by atoms with Crippen LogP contribution in [-0.4, -0.2) is 60.9 Å². The average molecular weight is 267 g/mol. The van der Waals surface area contributed by atoms with Crippen molar-refractivity contribution in [1.29, 1.82) is 0 Å². The lowest BCUT2D eigenvalue weighted by atomic mass is 10.0. The lowest BCUT2D eigenvalue weighted by Crippen LogP contribution is -2.43. The smallest absolute Gasteiger partial charge is 0.242 e. The highest BCUT2D eigenvalue weighted by Gasteiger charge is 2.24. The van der Waals surface area contributed by atoms with Gasteiger partial charge in [0.1, 0.15) is 0 Å². The van der Waals surface area contributed by atoms with Gasteiger partial charge in [-0.05, 0) is 31.7 Å². The molecule has 0 aromatic heterocycles. The van der Waals surface area contributed by atoms with Crippen molar-refractivity contribution in [1.82, 2.24) is 15.1 Å². The molecule has 1 atom stereocenters. The van der Waals surface area contributed by atoms with Crippen molar-refractivity contribution in [3.05, 3.63) is 0 Å². The molecule has 2 amide bonds. The first-order valence-electron chi connectivity index (χ1n) is 7.43. The van der Waals surface area contributed by atoms with Crippen molar-refractivity contribution in [3.63, 3.8) is 0 Å². The van der Waals surface area contributed by atoms with Crippen molar-refractivity contribution in [2.45, 2.75) is 32.6 Å². The zero-order valence-corrected chi connectivity index (χ0v) is 11.9. The Balaban J connectivity index is 1.87. The Kier molecular flexibility index (Phi) is 5.19. The molecule has 1 unspecified atom stereocenters. The number of rotatable bonds is 2. The molecule has 2 aliphatic rings. The number of hydrogen-bond acceptors (Lipinski definition) is 3. The summed E-state index contributed by atoms with van der Waals surface area (Å²) in [4.78, 5) is 27.9. The van der Waals surface area contributed by atoms with Gasteiger partial charge in [-0.1, -0.05) is 6.92 Å². The minimum atomic E-state index is 0.103. The highest BCUT2D eigenvalue weighted by Crippen LogP contribution is 2.17. The van der Waals surface area contributed by atoms with Gasteiger partial charge in [-0.25, -0.2) is 0 Å². The first kappa shape index (κ1) is 14.3. The molecule has 1 N–H and O–H groups in total. The predicted octanol–water partition coefficient (Wildman–Crippen LogP) is 0.457. The molecule has 0 aromatic rings. The SMILES string of the molecule is CC1CCC(=O)N(CC(=O)N2CCCNCC2)CC1. The van der Waals surface area contributed by atoms with Gasteiger partial charge < -0.3 is 15.1 Å². The van der Waals surface area contributed by atoms with Crippen LogP contribution in [0.1, 0.15) is 32.6 Å². The molecule has 108 valence electrons. The van der Waals surface area contributed by atoms with E-state index in [1.807, 2.05) is 4.90 Å². The number of amides is 2. The van der Waals surface area contributed by atoms with Crippen LogP contribution < -0.4 is 5.32 Å². The van der Waals surface area contributed by atoms with Crippen LogP contribution in [-0.2, 0) is 9.59 Å². The van der Waals surface area contributed by atoms with Crippen LogP contribution in [0.5, 0.6) is 0 Å². The molecule has 0 saturated carbocycles. The van der Waals surface area contributed by atoms with Crippen LogP contribution in [0.25, 0.3) is 0 Å². The Morgan fingerprint density at radius 2 is 2.11 bits per heavy atom. The minimum Gasteiger partial charge on any atom is -0.340 e. The number of likely N-dealkylation sites (tertiary alicyclic amines) is 1. The quantitative estimate of drug-likeness (QED) is 0.790. The van der Waals surface area contributed by atoms with Crippen molar-refractivity contribution < 1.29 is 9.59 Å². The summed E-state index contributed by atoms with van der Waals surface area (Å²) in [5.41, 5.74) is 0. The normalized spacial score (nSPS) is 25.9. The minimum absolute atomic E-state index is 0.103. The van der Waals surface area contributed by atoms with Gasteiger partial charge in [0, 0.05) is 32.6 Å². The molecular weight excluding hydrogens is 242 g/mol. The van der Waals surface area contributed by atoms with E-state index < -0.39 is 0 Å². The molecule has 5 nitrogen and oxygen atoms in total. The zero-order valence-electron chi connectivity index (χ0n) is 11.9. The van der Waals surface area contributed by atoms with Crippen LogP contribution >= 0.6 is 0 Å². The topological polar surface area (TPSA) is 52.7 Å². The number of nitrogens with zero attached hydrogens (tertiary/aromatic N) is 2. The summed E-state index contributed by atoms with van der Waals surface area (Å²) in [7, 11) is 0. The molecule has 2 fully saturated rings. The summed E-state index contributed by atoms with van der Waals surface area (Å²) >= 11 is 0. The van der Waals surface area contributed by atoms with E-state index in [4.69, 9.17) is 0 Å². The summed E-state index contributed by atoms with van der Waals surface area (Å²) in [5, 5.41) is 3.29. The first-order valence-corrected chi connectivity index (χ1v) is 7.43. The van der Waals surface area contributed by atoms with Gasteiger partial charge in [0.25, 0.3) is 0 Å². The molecule has 5 heteroatoms. The van der Waals surface area contributed by atoms with E-state index in [0.29, 0.717) is 12.3 Å². The highest BCUT2D eigenvalue weighted by atomic mass is 16.2. The van der Waals surface area contributed by atoms with Crippen molar-refractivity contribution >= 4 is 11.8 Å². The van der Waals surface area contributed by atoms with Crippen molar-refractivity contribution in [3.8, 4) is 0 Å². The van der Waals surface area contributed by atoms with Crippen LogP contribution in [0.15, 0.2) is 0 Å². The maximum absolute atomic E-state index is 12.3. The van der Waals surface area contributed by atoms with Crippen LogP contribution in [0.3, 0.4) is 0 Å². The van der Waals surface area contributed by atoms with Gasteiger partial charge in [0.05, 0.1) is 6.54 Å². The average Bonchev–Trinajstić information content (AvgIpc) is 2.75. The maximum atomic E-state index is 12.3. The van der Waals surface area contributed by atoms with E-state index in [2.05, 4.69) is 12.2 Å². The highest BCUT2D eigenvalue weighted by molar-refractivity contribution is 5.85. The van der Waals surface area contributed by atoms with Gasteiger partial charge in [0.15, 0.2) is 0 Å². The Bertz CT molecular complexity index is 325. The van der Waals surface area contributed by atoms with Gasteiger partial charge in [-0.15, -0.1) is 0 Å². The molecule has 0 radical (unpaired) electrons. The molecule has 0 aliphatic carbocycles. The number of nitrogens with one attached hydrogen (secondary N) is 1. The molecule has 0 spiro atoms. The predicted molar refractivity (Wildman–Crippen MR) is 73.7 cm³/mol. The summed E-state index contributed by atoms with van der Waals surface area (Å²) in [6, 6.07) is 0. The fourth-order valence-electron chi connectivity index (χ4n) is 2.70. The summed E-state index contributed by atoms with van der Waals surface area (Å²) in [6.45, 7) is 6.59. The molecular formula is C14H25N3O2. The second-order valence-corrected chi connectivity index (χ2v) is 5.73. The fourth-order valence-corrected chi connectivity index (χ4v) is 2.70. The summed E-state index contributed by atoms with van der Waals surface area (Å²) in [5.74, 6) is 0.837. The first-order chi connectivity index (χ1) is 9.16. The zero-order chi connectivity index (χ0) is 13.7. The third-order valence-corrected chi connectivity index (χ3v) is 4.11.